The summed E-state index contributed by atoms with van der Waals surface area (Å²) in [6.07, 6.45) is 1.93. The minimum Gasteiger partial charge on any atom is -0.480 e. The fourth-order valence-electron chi connectivity index (χ4n) is 5.87. The Balaban J connectivity index is 1.98. The number of cyclic esters (lactones) is 1. The number of nitrogens with zero attached hydrogens (tertiary/aromatic N) is 2. The van der Waals surface area contributed by atoms with Gasteiger partial charge in [-0.1, -0.05) is 46.0 Å². The van der Waals surface area contributed by atoms with Crippen LogP contribution in [0, 0.1) is 11.8 Å². The highest BCUT2D eigenvalue weighted by Crippen LogP contribution is 2.41. The summed E-state index contributed by atoms with van der Waals surface area (Å²) >= 11 is 0. The molecule has 206 valence electrons. The third-order valence-electron chi connectivity index (χ3n) is 7.53. The highest BCUT2D eigenvalue weighted by atomic mass is 16.6. The molecule has 0 aromatic heterocycles. The molecule has 2 saturated heterocycles. The lowest BCUT2D eigenvalue weighted by Gasteiger charge is -2.38. The van der Waals surface area contributed by atoms with Crippen LogP contribution in [0.4, 0.5) is 9.59 Å². The highest BCUT2D eigenvalue weighted by Gasteiger charge is 2.58. The number of carboxylic acids is 1. The third-order valence-corrected chi connectivity index (χ3v) is 7.53. The maximum absolute atomic E-state index is 13.4. The number of hydrogen-bond donors (Lipinski definition) is 2. The minimum atomic E-state index is -1.59. The van der Waals surface area contributed by atoms with Crippen LogP contribution in [0.5, 0.6) is 0 Å². The molecule has 2 N–H and O–H groups in total. The van der Waals surface area contributed by atoms with Crippen molar-refractivity contribution >= 4 is 18.2 Å². The van der Waals surface area contributed by atoms with Crippen molar-refractivity contribution in [1.82, 2.24) is 9.80 Å². The summed E-state index contributed by atoms with van der Waals surface area (Å²) in [6, 6.07) is -2.70. The van der Waals surface area contributed by atoms with Gasteiger partial charge in [0.05, 0.1) is 12.1 Å². The maximum atomic E-state index is 13.4. The molecule has 2 heterocycles. The summed E-state index contributed by atoms with van der Waals surface area (Å²) in [5, 5.41) is 21.8. The van der Waals surface area contributed by atoms with Crippen LogP contribution in [0.3, 0.4) is 0 Å². The molecule has 3 fully saturated rings. The van der Waals surface area contributed by atoms with Gasteiger partial charge in [0, 0.05) is 0 Å². The molecule has 0 aromatic rings. The van der Waals surface area contributed by atoms with Crippen LogP contribution in [0.1, 0.15) is 87.0 Å². The summed E-state index contributed by atoms with van der Waals surface area (Å²) in [4.78, 5) is 41.1. The molecule has 36 heavy (non-hydrogen) atoms. The first-order valence-corrected chi connectivity index (χ1v) is 13.2. The molecule has 3 rings (SSSR count). The van der Waals surface area contributed by atoms with E-state index in [-0.39, 0.29) is 12.5 Å². The molecule has 3 aliphatic rings. The van der Waals surface area contributed by atoms with Gasteiger partial charge >= 0.3 is 18.2 Å². The molecule has 2 amide bonds. The zero-order chi connectivity index (χ0) is 27.0. The fourth-order valence-corrected chi connectivity index (χ4v) is 5.87. The first kappa shape index (κ1) is 28.5. The summed E-state index contributed by atoms with van der Waals surface area (Å²) in [7, 11) is 0. The Morgan fingerprint density at radius 1 is 1.17 bits per heavy atom. The molecule has 10 nitrogen and oxygen atoms in total. The van der Waals surface area contributed by atoms with Crippen molar-refractivity contribution in [3.8, 4) is 0 Å². The van der Waals surface area contributed by atoms with Crippen molar-refractivity contribution in [2.24, 2.45) is 11.8 Å². The van der Waals surface area contributed by atoms with Gasteiger partial charge in [0.25, 0.3) is 0 Å². The number of carboxylic acid groups (broad SMARTS) is 1. The van der Waals surface area contributed by atoms with Gasteiger partial charge in [0.15, 0.2) is 6.04 Å². The largest absolute Gasteiger partial charge is 0.480 e. The fraction of sp³-hybridized carbons (Fsp3) is 0.885. The Kier molecular flexibility index (Phi) is 8.50. The molecule has 1 saturated carbocycles. The number of carbonyl (C=O) groups is 3. The second kappa shape index (κ2) is 10.7. The van der Waals surface area contributed by atoms with Gasteiger partial charge in [0.1, 0.15) is 30.1 Å². The van der Waals surface area contributed by atoms with E-state index in [9.17, 15) is 24.6 Å². The van der Waals surface area contributed by atoms with Crippen LogP contribution in [-0.4, -0.2) is 86.4 Å². The summed E-state index contributed by atoms with van der Waals surface area (Å²) in [5.74, 6) is -1.12. The van der Waals surface area contributed by atoms with E-state index in [1.54, 1.807) is 34.6 Å². The normalized spacial score (nSPS) is 28.8. The van der Waals surface area contributed by atoms with Gasteiger partial charge in [-0.15, -0.1) is 0 Å². The zero-order valence-electron chi connectivity index (χ0n) is 22.7. The molecule has 0 aromatic carbocycles. The molecule has 2 aliphatic heterocycles. The Labute approximate surface area is 214 Å². The molecular weight excluding hydrogens is 468 g/mol. The first-order chi connectivity index (χ1) is 16.6. The molecule has 0 spiro atoms. The second-order valence-electron chi connectivity index (χ2n) is 12.3. The number of hydrogen-bond acceptors (Lipinski definition) is 7. The van der Waals surface area contributed by atoms with Crippen molar-refractivity contribution in [1.29, 1.82) is 0 Å². The van der Waals surface area contributed by atoms with Gasteiger partial charge < -0.3 is 24.4 Å². The van der Waals surface area contributed by atoms with Crippen molar-refractivity contribution in [2.75, 3.05) is 6.61 Å². The number of aliphatic carboxylic acids is 1. The van der Waals surface area contributed by atoms with Gasteiger partial charge in [-0.2, -0.15) is 0 Å². The lowest BCUT2D eigenvalue weighted by molar-refractivity contribution is -0.156. The lowest BCUT2D eigenvalue weighted by atomic mass is 9.82. The van der Waals surface area contributed by atoms with Crippen molar-refractivity contribution in [3.63, 3.8) is 0 Å². The Bertz CT molecular complexity index is 817. The van der Waals surface area contributed by atoms with Gasteiger partial charge in [-0.25, -0.2) is 14.4 Å². The predicted molar refractivity (Wildman–Crippen MR) is 131 cm³/mol. The van der Waals surface area contributed by atoms with E-state index in [0.29, 0.717) is 12.3 Å². The lowest BCUT2D eigenvalue weighted by Crippen LogP contribution is -2.59. The third kappa shape index (κ3) is 6.07. The van der Waals surface area contributed by atoms with E-state index in [1.807, 2.05) is 13.8 Å². The van der Waals surface area contributed by atoms with Gasteiger partial charge in [-0.3, -0.25) is 9.80 Å². The van der Waals surface area contributed by atoms with Gasteiger partial charge in [0.2, 0.25) is 0 Å². The number of carbonyl (C=O) groups excluding carboxylic acids is 2. The summed E-state index contributed by atoms with van der Waals surface area (Å²) < 4.78 is 17.1. The standard InChI is InChI=1S/C26H44N2O8/c1-15(2)18-14-34-23(32)27(18)19(22(30)31)20(29)21-17(13-16-11-9-8-10-12-16)28(26(6,7)35-21)24(33)36-25(3,4)5/h15-21,29H,8-14H2,1-7H3,(H,30,31)/t17-,18?,19?,20?,21-/m1/s1. The first-order valence-electron chi connectivity index (χ1n) is 13.2. The topological polar surface area (TPSA) is 126 Å². The number of rotatable bonds is 7. The molecule has 10 heteroatoms. The quantitative estimate of drug-likeness (QED) is 0.524. The van der Waals surface area contributed by atoms with E-state index in [1.165, 1.54) is 11.3 Å². The molecule has 3 unspecified atom stereocenters. The van der Waals surface area contributed by atoms with Crippen molar-refractivity contribution < 1.29 is 38.8 Å². The monoisotopic (exact) mass is 512 g/mol. The second-order valence-corrected chi connectivity index (χ2v) is 12.3. The molecule has 5 atom stereocenters. The number of aliphatic hydroxyl groups excluding tert-OH is 1. The van der Waals surface area contributed by atoms with E-state index in [0.717, 1.165) is 30.6 Å². The number of aliphatic hydroxyl groups is 1. The summed E-state index contributed by atoms with van der Waals surface area (Å²) in [6.45, 7) is 12.6. The Morgan fingerprint density at radius 2 is 1.78 bits per heavy atom. The summed E-state index contributed by atoms with van der Waals surface area (Å²) in [5.41, 5.74) is -1.90. The number of ether oxygens (including phenoxy) is 3. The maximum Gasteiger partial charge on any atom is 0.412 e. The van der Waals surface area contributed by atoms with Crippen LogP contribution in [0.2, 0.25) is 0 Å². The van der Waals surface area contributed by atoms with Crippen LogP contribution in [0.25, 0.3) is 0 Å². The van der Waals surface area contributed by atoms with Gasteiger partial charge in [-0.05, 0) is 52.9 Å². The van der Waals surface area contributed by atoms with E-state index >= 15 is 0 Å². The number of amides is 2. The molecule has 0 bridgehead atoms. The van der Waals surface area contributed by atoms with Crippen LogP contribution >= 0.6 is 0 Å². The van der Waals surface area contributed by atoms with Crippen LogP contribution in [0.15, 0.2) is 0 Å². The molecular formula is C26H44N2O8. The average Bonchev–Trinajstić information content (AvgIpc) is 3.24. The molecule has 1 aliphatic carbocycles. The minimum absolute atomic E-state index is 0.0551. The van der Waals surface area contributed by atoms with Crippen molar-refractivity contribution in [3.05, 3.63) is 0 Å². The molecule has 0 radical (unpaired) electrons. The predicted octanol–water partition coefficient (Wildman–Crippen LogP) is 3.99. The zero-order valence-corrected chi connectivity index (χ0v) is 22.7. The smallest absolute Gasteiger partial charge is 0.412 e. The Hall–Kier alpha value is -2.07. The SMILES string of the molecule is CC(C)C1COC(=O)N1C(C(=O)O)C(O)[C@@H]1OC(C)(C)N(C(=O)OC(C)(C)C)[C@@H]1CC1CCCCC1. The van der Waals surface area contributed by atoms with Crippen LogP contribution < -0.4 is 0 Å². The van der Waals surface area contributed by atoms with Crippen molar-refractivity contribution in [2.45, 2.75) is 129 Å². The highest BCUT2D eigenvalue weighted by molar-refractivity contribution is 5.82. The van der Waals surface area contributed by atoms with E-state index in [2.05, 4.69) is 0 Å². The Morgan fingerprint density at radius 3 is 2.31 bits per heavy atom. The van der Waals surface area contributed by atoms with E-state index in [4.69, 9.17) is 14.2 Å². The van der Waals surface area contributed by atoms with Crippen LogP contribution in [-0.2, 0) is 19.0 Å². The average molecular weight is 513 g/mol. The van der Waals surface area contributed by atoms with E-state index < -0.39 is 59.8 Å².